The van der Waals surface area contributed by atoms with Gasteiger partial charge in [0.2, 0.25) is 0 Å². The van der Waals surface area contributed by atoms with E-state index in [1.54, 1.807) is 11.0 Å². The summed E-state index contributed by atoms with van der Waals surface area (Å²) in [7, 11) is 0. The minimum atomic E-state index is -0.121. The zero-order valence-electron chi connectivity index (χ0n) is 9.77. The molecule has 1 aromatic heterocycles. The molecule has 0 radical (unpaired) electrons. The molecule has 1 aromatic rings. The van der Waals surface area contributed by atoms with Crippen LogP contribution in [0, 0.1) is 5.92 Å². The van der Waals surface area contributed by atoms with Crippen LogP contribution in [-0.4, -0.2) is 40.6 Å². The van der Waals surface area contributed by atoms with Crippen LogP contribution in [0.2, 0.25) is 5.02 Å². The van der Waals surface area contributed by atoms with Crippen molar-refractivity contribution >= 4 is 23.3 Å². The summed E-state index contributed by atoms with van der Waals surface area (Å²) in [6.45, 7) is 1.33. The number of nitrogen functional groups attached to an aromatic ring is 1. The van der Waals surface area contributed by atoms with Crippen LogP contribution in [0.4, 0.5) is 5.82 Å². The number of halogens is 1. The summed E-state index contributed by atoms with van der Waals surface area (Å²) >= 11 is 5.92. The number of rotatable bonds is 3. The van der Waals surface area contributed by atoms with Crippen molar-refractivity contribution in [3.05, 3.63) is 22.8 Å². The van der Waals surface area contributed by atoms with Crippen LogP contribution in [0.1, 0.15) is 16.8 Å². The lowest BCUT2D eigenvalue weighted by atomic mass is 10.1. The number of hydrazine groups is 1. The minimum Gasteiger partial charge on any atom is -0.396 e. The number of amides is 1. The standard InChI is InChI=1S/C11H15ClN4O2/c12-9-3-8(4-14-10(9)15-13)11(18)16-2-1-7(5-16)6-17/h3-4,7,17H,1-2,5-6,13H2,(H,14,15). The van der Waals surface area contributed by atoms with Crippen molar-refractivity contribution in [3.8, 4) is 0 Å². The number of likely N-dealkylation sites (tertiary alicyclic amines) is 1. The summed E-state index contributed by atoms with van der Waals surface area (Å²) < 4.78 is 0. The van der Waals surface area contributed by atoms with Gasteiger partial charge in [-0.1, -0.05) is 11.6 Å². The van der Waals surface area contributed by atoms with Crippen LogP contribution in [0.25, 0.3) is 0 Å². The number of anilines is 1. The normalized spacial score (nSPS) is 19.1. The van der Waals surface area contributed by atoms with Crippen molar-refractivity contribution in [1.29, 1.82) is 0 Å². The molecule has 0 bridgehead atoms. The van der Waals surface area contributed by atoms with E-state index in [0.717, 1.165) is 6.42 Å². The molecular formula is C11H15ClN4O2. The topological polar surface area (TPSA) is 91.5 Å². The number of aliphatic hydroxyl groups is 1. The highest BCUT2D eigenvalue weighted by molar-refractivity contribution is 6.33. The maximum atomic E-state index is 12.2. The molecule has 0 spiro atoms. The van der Waals surface area contributed by atoms with E-state index in [1.165, 1.54) is 6.20 Å². The highest BCUT2D eigenvalue weighted by Crippen LogP contribution is 2.22. The number of carbonyl (C=O) groups is 1. The summed E-state index contributed by atoms with van der Waals surface area (Å²) in [5.74, 6) is 5.60. The first-order chi connectivity index (χ1) is 8.65. The fourth-order valence-corrected chi connectivity index (χ4v) is 2.23. The summed E-state index contributed by atoms with van der Waals surface area (Å²) in [6, 6.07) is 1.54. The van der Waals surface area contributed by atoms with E-state index in [4.69, 9.17) is 22.6 Å². The van der Waals surface area contributed by atoms with Gasteiger partial charge in [0.05, 0.1) is 10.6 Å². The molecule has 0 aromatic carbocycles. The number of hydrogen-bond acceptors (Lipinski definition) is 5. The Morgan fingerprint density at radius 2 is 2.50 bits per heavy atom. The molecule has 1 saturated heterocycles. The lowest BCUT2D eigenvalue weighted by Crippen LogP contribution is -2.29. The lowest BCUT2D eigenvalue weighted by molar-refractivity contribution is 0.0781. The van der Waals surface area contributed by atoms with Crippen LogP contribution < -0.4 is 11.3 Å². The van der Waals surface area contributed by atoms with Gasteiger partial charge in [-0.05, 0) is 12.5 Å². The third-order valence-electron chi connectivity index (χ3n) is 3.06. The molecule has 6 nitrogen and oxygen atoms in total. The van der Waals surface area contributed by atoms with Gasteiger partial charge in [0, 0.05) is 31.8 Å². The Kier molecular flexibility index (Phi) is 4.00. The number of carbonyl (C=O) groups excluding carboxylic acids is 1. The summed E-state index contributed by atoms with van der Waals surface area (Å²) in [4.78, 5) is 17.8. The Labute approximate surface area is 110 Å². The van der Waals surface area contributed by atoms with Crippen molar-refractivity contribution in [1.82, 2.24) is 9.88 Å². The van der Waals surface area contributed by atoms with Gasteiger partial charge in [0.15, 0.2) is 5.82 Å². The first-order valence-corrected chi connectivity index (χ1v) is 6.05. The molecule has 2 rings (SSSR count). The average Bonchev–Trinajstić information content (AvgIpc) is 2.86. The Bertz CT molecular complexity index is 455. The van der Waals surface area contributed by atoms with Gasteiger partial charge in [-0.3, -0.25) is 4.79 Å². The van der Waals surface area contributed by atoms with Crippen LogP contribution in [0.15, 0.2) is 12.3 Å². The van der Waals surface area contributed by atoms with Crippen LogP contribution >= 0.6 is 11.6 Å². The molecule has 2 heterocycles. The third kappa shape index (κ3) is 2.55. The lowest BCUT2D eigenvalue weighted by Gasteiger charge is -2.16. The molecule has 18 heavy (non-hydrogen) atoms. The molecule has 7 heteroatoms. The van der Waals surface area contributed by atoms with Crippen molar-refractivity contribution in [2.24, 2.45) is 11.8 Å². The van der Waals surface area contributed by atoms with Crippen molar-refractivity contribution < 1.29 is 9.90 Å². The highest BCUT2D eigenvalue weighted by atomic mass is 35.5. The number of aliphatic hydroxyl groups excluding tert-OH is 1. The SMILES string of the molecule is NNc1ncc(C(=O)N2CCC(CO)C2)cc1Cl. The molecule has 98 valence electrons. The zero-order valence-corrected chi connectivity index (χ0v) is 10.5. The van der Waals surface area contributed by atoms with E-state index in [0.29, 0.717) is 29.5 Å². The van der Waals surface area contributed by atoms with E-state index in [2.05, 4.69) is 10.4 Å². The van der Waals surface area contributed by atoms with Crippen molar-refractivity contribution in [3.63, 3.8) is 0 Å². The average molecular weight is 271 g/mol. The van der Waals surface area contributed by atoms with Crippen molar-refractivity contribution in [2.45, 2.75) is 6.42 Å². The van der Waals surface area contributed by atoms with Crippen LogP contribution in [0.5, 0.6) is 0 Å². The second-order valence-corrected chi connectivity index (χ2v) is 4.69. The number of nitrogens with one attached hydrogen (secondary N) is 1. The van der Waals surface area contributed by atoms with Gasteiger partial charge in [0.1, 0.15) is 0 Å². The Balaban J connectivity index is 2.12. The first-order valence-electron chi connectivity index (χ1n) is 5.68. The number of pyridine rings is 1. The molecule has 0 aliphatic carbocycles. The maximum absolute atomic E-state index is 12.2. The molecule has 1 amide bonds. The molecule has 1 aliphatic rings. The van der Waals surface area contributed by atoms with E-state index >= 15 is 0 Å². The van der Waals surface area contributed by atoms with Gasteiger partial charge in [-0.25, -0.2) is 10.8 Å². The van der Waals surface area contributed by atoms with Gasteiger partial charge < -0.3 is 15.4 Å². The van der Waals surface area contributed by atoms with E-state index < -0.39 is 0 Å². The van der Waals surface area contributed by atoms with Crippen LogP contribution in [-0.2, 0) is 0 Å². The molecule has 1 fully saturated rings. The van der Waals surface area contributed by atoms with Gasteiger partial charge >= 0.3 is 0 Å². The molecule has 4 N–H and O–H groups in total. The molecule has 0 saturated carbocycles. The van der Waals surface area contributed by atoms with Gasteiger partial charge in [-0.2, -0.15) is 0 Å². The van der Waals surface area contributed by atoms with Crippen molar-refractivity contribution in [2.75, 3.05) is 25.1 Å². The Morgan fingerprint density at radius 1 is 1.72 bits per heavy atom. The fraction of sp³-hybridized carbons (Fsp3) is 0.455. The Hall–Kier alpha value is -1.37. The number of aromatic nitrogens is 1. The van der Waals surface area contributed by atoms with E-state index in [1.807, 2.05) is 0 Å². The minimum absolute atomic E-state index is 0.110. The highest BCUT2D eigenvalue weighted by Gasteiger charge is 2.26. The first kappa shape index (κ1) is 13.1. The predicted molar refractivity (Wildman–Crippen MR) is 68.2 cm³/mol. The second-order valence-electron chi connectivity index (χ2n) is 4.29. The summed E-state index contributed by atoms with van der Waals surface area (Å²) in [6.07, 6.45) is 2.27. The number of nitrogens with zero attached hydrogens (tertiary/aromatic N) is 2. The van der Waals surface area contributed by atoms with Gasteiger partial charge in [0.25, 0.3) is 5.91 Å². The fourth-order valence-electron chi connectivity index (χ4n) is 2.01. The van der Waals surface area contributed by atoms with E-state index in [9.17, 15) is 4.79 Å². The smallest absolute Gasteiger partial charge is 0.255 e. The number of nitrogens with two attached hydrogens (primary N) is 1. The quantitative estimate of drug-likeness (QED) is 0.549. The van der Waals surface area contributed by atoms with Crippen LogP contribution in [0.3, 0.4) is 0 Å². The third-order valence-corrected chi connectivity index (χ3v) is 3.34. The van der Waals surface area contributed by atoms with Gasteiger partial charge in [-0.15, -0.1) is 0 Å². The Morgan fingerprint density at radius 3 is 3.06 bits per heavy atom. The largest absolute Gasteiger partial charge is 0.396 e. The van der Waals surface area contributed by atoms with E-state index in [-0.39, 0.29) is 18.4 Å². The zero-order chi connectivity index (χ0) is 13.1. The monoisotopic (exact) mass is 270 g/mol. The maximum Gasteiger partial charge on any atom is 0.255 e. The molecule has 1 atom stereocenters. The molecule has 1 aliphatic heterocycles. The summed E-state index contributed by atoms with van der Waals surface area (Å²) in [5, 5.41) is 9.36. The predicted octanol–water partition coefficient (Wildman–Crippen LogP) is 0.475. The second kappa shape index (κ2) is 5.51. The summed E-state index contributed by atoms with van der Waals surface area (Å²) in [5.41, 5.74) is 2.77. The molecule has 1 unspecified atom stereocenters. The molecular weight excluding hydrogens is 256 g/mol. The number of hydrogen-bond donors (Lipinski definition) is 3.